The summed E-state index contributed by atoms with van der Waals surface area (Å²) >= 11 is 0. The van der Waals surface area contributed by atoms with Gasteiger partial charge in [0, 0.05) is 11.6 Å². The normalized spacial score (nSPS) is 12.8. The molecule has 0 saturated heterocycles. The second-order valence-electron chi connectivity index (χ2n) is 8.81. The predicted octanol–water partition coefficient (Wildman–Crippen LogP) is 3.37. The number of fused-ring (bicyclic) bond motifs is 3. The number of hydrogen-bond donors (Lipinski definition) is 0. The van der Waals surface area contributed by atoms with Crippen LogP contribution in [0.1, 0.15) is 30.2 Å². The van der Waals surface area contributed by atoms with Gasteiger partial charge in [-0.1, -0.05) is 17.3 Å². The number of carbonyl (C=O) groups is 1. The Hall–Kier alpha value is -4.80. The molecule has 0 saturated carbocycles. The van der Waals surface area contributed by atoms with Crippen LogP contribution < -0.4 is 15.0 Å². The van der Waals surface area contributed by atoms with Crippen molar-refractivity contribution in [1.29, 1.82) is 0 Å². The number of rotatable bonds is 5. The van der Waals surface area contributed by atoms with Crippen molar-refractivity contribution in [2.45, 2.75) is 26.6 Å². The molecule has 1 aliphatic heterocycles. The van der Waals surface area contributed by atoms with Crippen LogP contribution in [0.15, 0.2) is 59.5 Å². The van der Waals surface area contributed by atoms with Crippen LogP contribution in [0.3, 0.4) is 0 Å². The SMILES string of the molecule is CC(C)n1ncc2c(C(=O)OCn3nnc4ccccc4c3=O)cc(-c3ccc4c(c3)OCCO4)nc21. The molecule has 0 amide bonds. The Balaban J connectivity index is 1.38. The van der Waals surface area contributed by atoms with E-state index in [1.165, 1.54) is 0 Å². The van der Waals surface area contributed by atoms with Crippen molar-refractivity contribution < 1.29 is 19.0 Å². The van der Waals surface area contributed by atoms with E-state index in [2.05, 4.69) is 15.4 Å². The average Bonchev–Trinajstić information content (AvgIpc) is 3.36. The maximum atomic E-state index is 13.3. The molecule has 0 fully saturated rings. The molecule has 2 aromatic carbocycles. The number of carbonyl (C=O) groups excluding carboxylic acids is 1. The molecule has 0 aliphatic carbocycles. The van der Waals surface area contributed by atoms with Crippen LogP contribution in [0.2, 0.25) is 0 Å². The molecule has 0 bridgehead atoms. The molecule has 4 heterocycles. The third-order valence-corrected chi connectivity index (χ3v) is 6.06. The van der Waals surface area contributed by atoms with Gasteiger partial charge in [-0.05, 0) is 50.2 Å². The van der Waals surface area contributed by atoms with Gasteiger partial charge >= 0.3 is 5.97 Å². The van der Waals surface area contributed by atoms with Crippen LogP contribution in [0, 0.1) is 0 Å². The second kappa shape index (κ2) is 9.01. The Bertz CT molecular complexity index is 1720. The van der Waals surface area contributed by atoms with Gasteiger partial charge in [-0.25, -0.2) is 14.5 Å². The number of ether oxygens (including phenoxy) is 3. The molecule has 0 atom stereocenters. The zero-order valence-electron chi connectivity index (χ0n) is 20.1. The van der Waals surface area contributed by atoms with E-state index in [9.17, 15) is 9.59 Å². The molecule has 0 radical (unpaired) electrons. The fourth-order valence-corrected chi connectivity index (χ4v) is 4.22. The number of esters is 1. The second-order valence-corrected chi connectivity index (χ2v) is 8.81. The number of pyridine rings is 1. The molecular weight excluding hydrogens is 476 g/mol. The van der Waals surface area contributed by atoms with Crippen molar-refractivity contribution in [1.82, 2.24) is 29.8 Å². The maximum absolute atomic E-state index is 13.3. The topological polar surface area (TPSA) is 123 Å². The van der Waals surface area contributed by atoms with Gasteiger partial charge in [0.05, 0.1) is 28.2 Å². The molecular formula is C26H22N6O5. The van der Waals surface area contributed by atoms with Crippen LogP contribution in [0.4, 0.5) is 0 Å². The monoisotopic (exact) mass is 498 g/mol. The molecule has 3 aromatic heterocycles. The molecule has 0 N–H and O–H groups in total. The zero-order valence-corrected chi connectivity index (χ0v) is 20.1. The van der Waals surface area contributed by atoms with Crippen LogP contribution in [0.25, 0.3) is 33.2 Å². The van der Waals surface area contributed by atoms with Gasteiger partial charge in [0.2, 0.25) is 0 Å². The lowest BCUT2D eigenvalue weighted by molar-refractivity contribution is 0.0338. The summed E-state index contributed by atoms with van der Waals surface area (Å²) in [6, 6.07) is 14.0. The first-order valence-corrected chi connectivity index (χ1v) is 11.8. The summed E-state index contributed by atoms with van der Waals surface area (Å²) in [4.78, 5) is 30.9. The highest BCUT2D eigenvalue weighted by Gasteiger charge is 2.21. The Morgan fingerprint density at radius 2 is 1.86 bits per heavy atom. The van der Waals surface area contributed by atoms with E-state index in [0.717, 1.165) is 10.2 Å². The highest BCUT2D eigenvalue weighted by atomic mass is 16.6. The number of nitrogens with zero attached hydrogens (tertiary/aromatic N) is 6. The van der Waals surface area contributed by atoms with Crippen molar-refractivity contribution in [2.24, 2.45) is 0 Å². The van der Waals surface area contributed by atoms with Gasteiger partial charge in [0.15, 0.2) is 23.9 Å². The summed E-state index contributed by atoms with van der Waals surface area (Å²) in [5.41, 5.74) is 2.16. The Labute approximate surface area is 210 Å². The summed E-state index contributed by atoms with van der Waals surface area (Å²) in [5, 5.41) is 13.3. The van der Waals surface area contributed by atoms with Crippen molar-refractivity contribution in [3.63, 3.8) is 0 Å². The summed E-state index contributed by atoms with van der Waals surface area (Å²) in [6.45, 7) is 4.51. The highest BCUT2D eigenvalue weighted by molar-refractivity contribution is 6.03. The fraction of sp³-hybridized carbons (Fsp3) is 0.231. The summed E-state index contributed by atoms with van der Waals surface area (Å²) in [7, 11) is 0. The van der Waals surface area contributed by atoms with Gasteiger partial charge in [-0.2, -0.15) is 9.78 Å². The summed E-state index contributed by atoms with van der Waals surface area (Å²) < 4.78 is 19.6. The van der Waals surface area contributed by atoms with Gasteiger partial charge in [-0.3, -0.25) is 4.79 Å². The summed E-state index contributed by atoms with van der Waals surface area (Å²) in [5.74, 6) is 0.627. The van der Waals surface area contributed by atoms with Crippen molar-refractivity contribution in [3.8, 4) is 22.8 Å². The molecule has 186 valence electrons. The van der Waals surface area contributed by atoms with Crippen molar-refractivity contribution >= 4 is 27.9 Å². The third kappa shape index (κ3) is 4.03. The van der Waals surface area contributed by atoms with Crippen molar-refractivity contribution in [2.75, 3.05) is 13.2 Å². The predicted molar refractivity (Wildman–Crippen MR) is 134 cm³/mol. The fourth-order valence-electron chi connectivity index (χ4n) is 4.22. The zero-order chi connectivity index (χ0) is 25.5. The number of aromatic nitrogens is 6. The first kappa shape index (κ1) is 22.7. The first-order valence-electron chi connectivity index (χ1n) is 11.8. The quantitative estimate of drug-likeness (QED) is 0.336. The molecule has 5 aromatic rings. The largest absolute Gasteiger partial charge is 0.486 e. The maximum Gasteiger partial charge on any atom is 0.340 e. The molecule has 1 aliphatic rings. The lowest BCUT2D eigenvalue weighted by atomic mass is 10.1. The van der Waals surface area contributed by atoms with E-state index < -0.39 is 18.3 Å². The van der Waals surface area contributed by atoms with Gasteiger partial charge in [-0.15, -0.1) is 5.10 Å². The number of benzene rings is 2. The highest BCUT2D eigenvalue weighted by Crippen LogP contribution is 2.35. The lowest BCUT2D eigenvalue weighted by Gasteiger charge is -2.19. The third-order valence-electron chi connectivity index (χ3n) is 6.06. The van der Waals surface area contributed by atoms with Crippen LogP contribution in [0.5, 0.6) is 11.5 Å². The van der Waals surface area contributed by atoms with Crippen LogP contribution in [-0.4, -0.2) is 48.9 Å². The smallest absolute Gasteiger partial charge is 0.340 e. The minimum Gasteiger partial charge on any atom is -0.486 e. The van der Waals surface area contributed by atoms with E-state index in [4.69, 9.17) is 19.2 Å². The van der Waals surface area contributed by atoms with Gasteiger partial charge in [0.25, 0.3) is 5.56 Å². The molecule has 37 heavy (non-hydrogen) atoms. The average molecular weight is 498 g/mol. The van der Waals surface area contributed by atoms with Gasteiger partial charge < -0.3 is 14.2 Å². The Kier molecular flexibility index (Phi) is 5.52. The van der Waals surface area contributed by atoms with Crippen LogP contribution >= 0.6 is 0 Å². The Morgan fingerprint density at radius 3 is 2.70 bits per heavy atom. The van der Waals surface area contributed by atoms with E-state index in [1.54, 1.807) is 41.2 Å². The van der Waals surface area contributed by atoms with E-state index in [-0.39, 0.29) is 11.6 Å². The lowest BCUT2D eigenvalue weighted by Crippen LogP contribution is -2.26. The molecule has 11 heteroatoms. The minimum absolute atomic E-state index is 0.0100. The summed E-state index contributed by atoms with van der Waals surface area (Å²) in [6.07, 6.45) is 1.59. The van der Waals surface area contributed by atoms with E-state index in [0.29, 0.717) is 52.3 Å². The van der Waals surface area contributed by atoms with Gasteiger partial charge in [0.1, 0.15) is 18.7 Å². The first-order chi connectivity index (χ1) is 18.0. The Morgan fingerprint density at radius 1 is 1.05 bits per heavy atom. The van der Waals surface area contributed by atoms with Crippen molar-refractivity contribution in [3.05, 3.63) is 70.6 Å². The molecule has 6 rings (SSSR count). The molecule has 0 unspecified atom stereocenters. The molecule has 11 nitrogen and oxygen atoms in total. The van der Waals surface area contributed by atoms with E-state index >= 15 is 0 Å². The minimum atomic E-state index is -0.642. The molecule has 0 spiro atoms. The van der Waals surface area contributed by atoms with Crippen LogP contribution in [-0.2, 0) is 11.5 Å². The number of hydrogen-bond acceptors (Lipinski definition) is 9. The standard InChI is InChI=1S/C26H22N6O5/c1-15(2)32-24-19(13-27-32)18(12-21(28-24)16-7-8-22-23(11-16)36-10-9-35-22)26(34)37-14-31-25(33)17-5-3-4-6-20(17)29-30-31/h3-8,11-13,15H,9-10,14H2,1-2H3. The van der Waals surface area contributed by atoms with E-state index in [1.807, 2.05) is 32.0 Å².